The minimum Gasteiger partial charge on any atom is -0.504 e. The average Bonchev–Trinajstić information content (AvgIpc) is 3.72. The first-order valence-corrected chi connectivity index (χ1v) is 17.1. The van der Waals surface area contributed by atoms with Gasteiger partial charge in [-0.2, -0.15) is 0 Å². The monoisotopic (exact) mass is 655 g/mol. The van der Waals surface area contributed by atoms with Gasteiger partial charge in [0.2, 0.25) is 11.8 Å². The highest BCUT2D eigenvalue weighted by molar-refractivity contribution is 7.09. The molecule has 8 heteroatoms. The number of thiophene rings is 1. The van der Waals surface area contributed by atoms with Gasteiger partial charge in [0.05, 0.1) is 30.9 Å². The lowest BCUT2D eigenvalue weighted by Crippen LogP contribution is -2.58. The number of rotatable bonds is 6. The van der Waals surface area contributed by atoms with E-state index in [4.69, 9.17) is 4.74 Å². The van der Waals surface area contributed by atoms with Crippen LogP contribution in [0.5, 0.6) is 11.5 Å². The average molecular weight is 656 g/mol. The van der Waals surface area contributed by atoms with Gasteiger partial charge in [-0.05, 0) is 65.1 Å². The number of carbonyl (C=O) groups excluding carboxylic acids is 4. The SMILES string of the molecule is COc1ccc([C@H]2C3=CC[C@@H]4C(=O)N(Cc5cccs5)C(=O)[C@@H]4[C@@H]3C[C@H]3C(=O)C(c4ccccc4)=CC(=O)[C@@]23c2ccccc2)cc1O. The van der Waals surface area contributed by atoms with E-state index >= 15 is 4.79 Å². The summed E-state index contributed by atoms with van der Waals surface area (Å²) in [5.41, 5.74) is 1.86. The number of aromatic hydroxyl groups is 1. The molecule has 1 saturated carbocycles. The number of amides is 2. The number of ether oxygens (including phenoxy) is 1. The zero-order valence-corrected chi connectivity index (χ0v) is 27.1. The van der Waals surface area contributed by atoms with Crippen molar-refractivity contribution in [3.63, 3.8) is 0 Å². The lowest BCUT2D eigenvalue weighted by Gasteiger charge is -2.55. The molecule has 240 valence electrons. The second-order valence-electron chi connectivity index (χ2n) is 13.1. The van der Waals surface area contributed by atoms with Crippen LogP contribution in [0.1, 0.15) is 40.3 Å². The minimum atomic E-state index is -1.35. The van der Waals surface area contributed by atoms with E-state index in [1.807, 2.05) is 90.3 Å². The normalized spacial score (nSPS) is 27.9. The Morgan fingerprint density at radius 2 is 1.65 bits per heavy atom. The maximum absolute atomic E-state index is 15.0. The summed E-state index contributed by atoms with van der Waals surface area (Å²) in [6.45, 7) is 0.218. The topological polar surface area (TPSA) is 101 Å². The molecule has 6 atom stereocenters. The fourth-order valence-corrected chi connectivity index (χ4v) is 9.61. The van der Waals surface area contributed by atoms with Crippen LogP contribution in [0.4, 0.5) is 0 Å². The molecule has 2 fully saturated rings. The fraction of sp³-hybridized carbons (Fsp3) is 0.250. The summed E-state index contributed by atoms with van der Waals surface area (Å²) in [7, 11) is 1.47. The quantitative estimate of drug-likeness (QED) is 0.188. The zero-order valence-electron chi connectivity index (χ0n) is 26.2. The highest BCUT2D eigenvalue weighted by Gasteiger charge is 2.65. The van der Waals surface area contributed by atoms with E-state index in [0.29, 0.717) is 28.7 Å². The molecule has 0 bridgehead atoms. The van der Waals surface area contributed by atoms with E-state index < -0.39 is 35.0 Å². The highest BCUT2D eigenvalue weighted by Crippen LogP contribution is 2.64. The highest BCUT2D eigenvalue weighted by atomic mass is 32.1. The number of nitrogens with zero attached hydrogens (tertiary/aromatic N) is 1. The Kier molecular flexibility index (Phi) is 7.29. The second-order valence-corrected chi connectivity index (χ2v) is 14.1. The molecule has 3 aromatic carbocycles. The van der Waals surface area contributed by atoms with Gasteiger partial charge >= 0.3 is 0 Å². The Labute approximate surface area is 282 Å². The molecule has 3 aliphatic carbocycles. The van der Waals surface area contributed by atoms with Crippen LogP contribution in [0.3, 0.4) is 0 Å². The lowest BCUT2D eigenvalue weighted by molar-refractivity contribution is -0.141. The first kappa shape index (κ1) is 30.3. The molecule has 4 aliphatic rings. The van der Waals surface area contributed by atoms with E-state index in [-0.39, 0.29) is 47.8 Å². The second kappa shape index (κ2) is 11.6. The molecule has 0 unspecified atom stereocenters. The minimum absolute atomic E-state index is 0.0875. The van der Waals surface area contributed by atoms with Crippen molar-refractivity contribution in [1.82, 2.24) is 4.90 Å². The molecule has 2 heterocycles. The van der Waals surface area contributed by atoms with Crippen molar-refractivity contribution < 1.29 is 29.0 Å². The Morgan fingerprint density at radius 1 is 0.896 bits per heavy atom. The van der Waals surface area contributed by atoms with Crippen LogP contribution in [0.25, 0.3) is 5.57 Å². The number of benzene rings is 3. The molecule has 0 radical (unpaired) electrons. The third-order valence-electron chi connectivity index (χ3n) is 10.9. The van der Waals surface area contributed by atoms with Gasteiger partial charge in [-0.15, -0.1) is 11.3 Å². The molecule has 7 nitrogen and oxygen atoms in total. The number of Topliss-reactive ketones (excluding diaryl/α,β-unsaturated/α-hetero) is 1. The Hall–Kier alpha value is -5.08. The van der Waals surface area contributed by atoms with Gasteiger partial charge in [0.1, 0.15) is 0 Å². The summed E-state index contributed by atoms with van der Waals surface area (Å²) in [6.07, 6.45) is 4.12. The Balaban J connectivity index is 1.35. The van der Waals surface area contributed by atoms with Crippen LogP contribution in [0.2, 0.25) is 0 Å². The van der Waals surface area contributed by atoms with Crippen molar-refractivity contribution in [2.45, 2.75) is 30.7 Å². The van der Waals surface area contributed by atoms with Crippen LogP contribution in [-0.2, 0) is 31.1 Å². The predicted octanol–water partition coefficient (Wildman–Crippen LogP) is 6.49. The van der Waals surface area contributed by atoms with Crippen LogP contribution in [0.15, 0.2) is 114 Å². The van der Waals surface area contributed by atoms with Crippen molar-refractivity contribution in [2.24, 2.45) is 23.7 Å². The molecule has 1 saturated heterocycles. The molecule has 1 aromatic heterocycles. The molecule has 8 rings (SSSR count). The number of phenols is 1. The third kappa shape index (κ3) is 4.39. The molecule has 2 amide bonds. The summed E-state index contributed by atoms with van der Waals surface area (Å²) in [6, 6.07) is 27.6. The molecule has 4 aromatic rings. The number of ketones is 2. The molecular formula is C40H33NO6S. The van der Waals surface area contributed by atoms with Gasteiger partial charge < -0.3 is 9.84 Å². The lowest BCUT2D eigenvalue weighted by atomic mass is 9.44. The molecule has 1 N–H and O–H groups in total. The maximum atomic E-state index is 15.0. The van der Waals surface area contributed by atoms with Gasteiger partial charge in [0.25, 0.3) is 0 Å². The Morgan fingerprint density at radius 3 is 2.33 bits per heavy atom. The number of hydrogen-bond acceptors (Lipinski definition) is 7. The van der Waals surface area contributed by atoms with Crippen LogP contribution in [-0.4, -0.2) is 40.5 Å². The van der Waals surface area contributed by atoms with Gasteiger partial charge in [-0.1, -0.05) is 84.4 Å². The fourth-order valence-electron chi connectivity index (χ4n) is 8.92. The molecular weight excluding hydrogens is 623 g/mol. The number of methoxy groups -OCH3 is 1. The maximum Gasteiger partial charge on any atom is 0.234 e. The van der Waals surface area contributed by atoms with E-state index in [0.717, 1.165) is 10.5 Å². The summed E-state index contributed by atoms with van der Waals surface area (Å²) in [5, 5.41) is 13.0. The van der Waals surface area contributed by atoms with Crippen LogP contribution in [0, 0.1) is 23.7 Å². The van der Waals surface area contributed by atoms with Gasteiger partial charge in [-0.3, -0.25) is 24.1 Å². The molecule has 1 aliphatic heterocycles. The summed E-state index contributed by atoms with van der Waals surface area (Å²) >= 11 is 1.50. The number of imide groups is 1. The third-order valence-corrected chi connectivity index (χ3v) is 11.8. The first-order chi connectivity index (χ1) is 23.3. The van der Waals surface area contributed by atoms with Crippen molar-refractivity contribution in [2.75, 3.05) is 7.11 Å². The van der Waals surface area contributed by atoms with Gasteiger partial charge in [0, 0.05) is 22.3 Å². The van der Waals surface area contributed by atoms with E-state index in [1.165, 1.54) is 29.4 Å². The first-order valence-electron chi connectivity index (χ1n) is 16.2. The van der Waals surface area contributed by atoms with E-state index in [2.05, 4.69) is 0 Å². The van der Waals surface area contributed by atoms with E-state index in [9.17, 15) is 19.5 Å². The van der Waals surface area contributed by atoms with Crippen molar-refractivity contribution in [1.29, 1.82) is 0 Å². The van der Waals surface area contributed by atoms with Crippen LogP contribution < -0.4 is 4.74 Å². The number of fused-ring (bicyclic) bond motifs is 4. The molecule has 48 heavy (non-hydrogen) atoms. The number of phenolic OH excluding ortho intramolecular Hbond substituents is 1. The molecule has 0 spiro atoms. The van der Waals surface area contributed by atoms with Crippen molar-refractivity contribution in [3.05, 3.63) is 136 Å². The number of likely N-dealkylation sites (tertiary alicyclic amines) is 1. The van der Waals surface area contributed by atoms with Gasteiger partial charge in [0.15, 0.2) is 23.1 Å². The summed E-state index contributed by atoms with van der Waals surface area (Å²) < 4.78 is 5.37. The Bertz CT molecular complexity index is 2020. The standard InChI is InChI=1S/C40H33NO6S/c1-47-33-17-14-24(19-32(33)42)36-27-15-16-28-35(39(46)41(38(28)45)22-26-13-8-18-48-26)30(27)20-31-37(44)29(23-9-4-2-5-10-23)21-34(43)40(31,36)25-11-6-3-7-12-25/h2-15,17-19,21,28,30-31,35-36,42H,16,20,22H2,1H3/t28-,30+,31-,35-,36-,40-/m0/s1. The van der Waals surface area contributed by atoms with Crippen molar-refractivity contribution in [3.8, 4) is 11.5 Å². The summed E-state index contributed by atoms with van der Waals surface area (Å²) in [5.74, 6) is -3.78. The smallest absolute Gasteiger partial charge is 0.234 e. The van der Waals surface area contributed by atoms with Crippen LogP contribution >= 0.6 is 11.3 Å². The largest absolute Gasteiger partial charge is 0.504 e. The predicted molar refractivity (Wildman–Crippen MR) is 181 cm³/mol. The van der Waals surface area contributed by atoms with Crippen molar-refractivity contribution >= 4 is 40.3 Å². The number of hydrogen-bond donors (Lipinski definition) is 1. The summed E-state index contributed by atoms with van der Waals surface area (Å²) in [4.78, 5) is 60.5. The number of allylic oxidation sites excluding steroid dienone is 4. The number of carbonyl (C=O) groups is 4. The zero-order chi connectivity index (χ0) is 33.2. The van der Waals surface area contributed by atoms with Gasteiger partial charge in [-0.25, -0.2) is 0 Å². The van der Waals surface area contributed by atoms with E-state index in [1.54, 1.807) is 12.1 Å².